The van der Waals surface area contributed by atoms with Gasteiger partial charge in [-0.1, -0.05) is 13.8 Å². The smallest absolute Gasteiger partial charge is 0.332 e. The van der Waals surface area contributed by atoms with Crippen LogP contribution >= 0.6 is 0 Å². The van der Waals surface area contributed by atoms with Crippen LogP contribution in [0.2, 0.25) is 0 Å². The molecule has 0 spiro atoms. The molecule has 0 aromatic carbocycles. The third kappa shape index (κ3) is 3.31. The van der Waals surface area contributed by atoms with E-state index in [0.29, 0.717) is 36.7 Å². The highest BCUT2D eigenvalue weighted by Gasteiger charge is 2.20. The number of hydrogen-bond acceptors (Lipinski definition) is 5. The molecule has 0 unspecified atom stereocenters. The molecule has 2 aromatic heterocycles. The zero-order valence-electron chi connectivity index (χ0n) is 14.7. The summed E-state index contributed by atoms with van der Waals surface area (Å²) in [5, 5.41) is 0. The molecule has 8 heteroatoms. The first-order valence-electron chi connectivity index (χ1n) is 7.71. The highest BCUT2D eigenvalue weighted by molar-refractivity contribution is 5.70. The standard InChI is InChI=1S/C15H25N5O3/c1-10(2)9-19-13-12(14(21)18(6)15(19)22)20(11(3)16-13)23-8-7-17(4)5/h10H,7-9H2,1-6H3. The first-order valence-corrected chi connectivity index (χ1v) is 7.71. The van der Waals surface area contributed by atoms with Gasteiger partial charge in [0.15, 0.2) is 11.2 Å². The SMILES string of the molecule is Cc1nc2c(c(=O)n(C)c(=O)n2CC(C)C)n1OCCN(C)C. The Morgan fingerprint density at radius 3 is 2.48 bits per heavy atom. The van der Waals surface area contributed by atoms with Crippen molar-refractivity contribution in [1.29, 1.82) is 0 Å². The van der Waals surface area contributed by atoms with E-state index in [1.807, 2.05) is 32.8 Å². The second kappa shape index (κ2) is 6.57. The molecular formula is C15H25N5O3. The maximum Gasteiger partial charge on any atom is 0.332 e. The minimum Gasteiger partial charge on any atom is -0.410 e. The van der Waals surface area contributed by atoms with Crippen LogP contribution in [0.1, 0.15) is 19.7 Å². The third-order valence-corrected chi connectivity index (χ3v) is 3.56. The average molecular weight is 323 g/mol. The predicted molar refractivity (Wildman–Crippen MR) is 88.8 cm³/mol. The predicted octanol–water partition coefficient (Wildman–Crippen LogP) is -0.149. The van der Waals surface area contributed by atoms with Crippen LogP contribution in [0.5, 0.6) is 0 Å². The van der Waals surface area contributed by atoms with Gasteiger partial charge < -0.3 is 9.74 Å². The number of aromatic nitrogens is 4. The Morgan fingerprint density at radius 1 is 1.26 bits per heavy atom. The number of aryl methyl sites for hydroxylation is 1. The average Bonchev–Trinajstić information content (AvgIpc) is 2.78. The second-order valence-corrected chi connectivity index (χ2v) is 6.41. The van der Waals surface area contributed by atoms with Gasteiger partial charge in [-0.25, -0.2) is 9.78 Å². The van der Waals surface area contributed by atoms with Crippen LogP contribution in [0.3, 0.4) is 0 Å². The first-order chi connectivity index (χ1) is 10.7. The van der Waals surface area contributed by atoms with Gasteiger partial charge in [0.2, 0.25) is 0 Å². The molecule has 23 heavy (non-hydrogen) atoms. The van der Waals surface area contributed by atoms with Crippen molar-refractivity contribution in [2.75, 3.05) is 27.2 Å². The van der Waals surface area contributed by atoms with Crippen LogP contribution in [-0.2, 0) is 13.6 Å². The van der Waals surface area contributed by atoms with Crippen LogP contribution in [-0.4, -0.2) is 51.0 Å². The minimum atomic E-state index is -0.393. The van der Waals surface area contributed by atoms with Crippen LogP contribution < -0.4 is 16.1 Å². The highest BCUT2D eigenvalue weighted by Crippen LogP contribution is 2.11. The fraction of sp³-hybridized carbons (Fsp3) is 0.667. The Bertz CT molecular complexity index is 813. The van der Waals surface area contributed by atoms with Gasteiger partial charge in [0.25, 0.3) is 5.56 Å². The molecule has 0 radical (unpaired) electrons. The lowest BCUT2D eigenvalue weighted by molar-refractivity contribution is 0.0997. The van der Waals surface area contributed by atoms with Crippen molar-refractivity contribution < 1.29 is 4.84 Å². The lowest BCUT2D eigenvalue weighted by Gasteiger charge is -2.14. The summed E-state index contributed by atoms with van der Waals surface area (Å²) in [6.07, 6.45) is 0. The van der Waals surface area contributed by atoms with E-state index in [1.165, 1.54) is 11.8 Å². The van der Waals surface area contributed by atoms with Crippen LogP contribution in [0, 0.1) is 12.8 Å². The molecular weight excluding hydrogens is 298 g/mol. The summed E-state index contributed by atoms with van der Waals surface area (Å²) in [6.45, 7) is 7.43. The van der Waals surface area contributed by atoms with E-state index in [2.05, 4.69) is 4.98 Å². The normalized spacial score (nSPS) is 11.8. The zero-order chi connectivity index (χ0) is 17.3. The lowest BCUT2D eigenvalue weighted by atomic mass is 10.2. The summed E-state index contributed by atoms with van der Waals surface area (Å²) < 4.78 is 4.09. The molecule has 128 valence electrons. The number of hydrogen-bond donors (Lipinski definition) is 0. The van der Waals surface area contributed by atoms with E-state index in [-0.39, 0.29) is 11.6 Å². The van der Waals surface area contributed by atoms with Crippen LogP contribution in [0.4, 0.5) is 0 Å². The fourth-order valence-electron chi connectivity index (χ4n) is 2.39. The van der Waals surface area contributed by atoms with Crippen molar-refractivity contribution in [1.82, 2.24) is 23.7 Å². The molecule has 0 aliphatic carbocycles. The summed E-state index contributed by atoms with van der Waals surface area (Å²) in [5.41, 5.74) is -0.0530. The summed E-state index contributed by atoms with van der Waals surface area (Å²) in [7, 11) is 5.37. The maximum atomic E-state index is 12.5. The number of imidazole rings is 1. The van der Waals surface area contributed by atoms with Gasteiger partial charge in [0.1, 0.15) is 12.4 Å². The molecule has 0 saturated carbocycles. The molecule has 2 rings (SSSR count). The van der Waals surface area contributed by atoms with Gasteiger partial charge in [-0.05, 0) is 26.9 Å². The van der Waals surface area contributed by atoms with Crippen molar-refractivity contribution >= 4 is 11.2 Å². The second-order valence-electron chi connectivity index (χ2n) is 6.41. The molecule has 0 N–H and O–H groups in total. The van der Waals surface area contributed by atoms with Crippen LogP contribution in [0.15, 0.2) is 9.59 Å². The van der Waals surface area contributed by atoms with Crippen molar-refractivity contribution in [2.45, 2.75) is 27.3 Å². The molecule has 0 bridgehead atoms. The summed E-state index contributed by atoms with van der Waals surface area (Å²) in [6, 6.07) is 0. The summed E-state index contributed by atoms with van der Waals surface area (Å²) >= 11 is 0. The molecule has 0 fully saturated rings. The Balaban J connectivity index is 2.62. The van der Waals surface area contributed by atoms with Gasteiger partial charge in [0, 0.05) is 20.1 Å². The maximum absolute atomic E-state index is 12.5. The Kier molecular flexibility index (Phi) is 4.93. The van der Waals surface area contributed by atoms with Crippen molar-refractivity contribution in [2.24, 2.45) is 13.0 Å². The van der Waals surface area contributed by atoms with Gasteiger partial charge in [-0.3, -0.25) is 13.9 Å². The zero-order valence-corrected chi connectivity index (χ0v) is 14.7. The van der Waals surface area contributed by atoms with E-state index in [9.17, 15) is 9.59 Å². The van der Waals surface area contributed by atoms with Gasteiger partial charge >= 0.3 is 5.69 Å². The Morgan fingerprint density at radius 2 is 1.91 bits per heavy atom. The summed E-state index contributed by atoms with van der Waals surface area (Å²) in [5.74, 6) is 0.812. The topological polar surface area (TPSA) is 74.3 Å². The first kappa shape index (κ1) is 17.3. The molecule has 0 aliphatic heterocycles. The number of likely N-dealkylation sites (N-methyl/N-ethyl adjacent to an activating group) is 1. The van der Waals surface area contributed by atoms with Crippen LogP contribution in [0.25, 0.3) is 11.2 Å². The van der Waals surface area contributed by atoms with E-state index in [0.717, 1.165) is 4.57 Å². The van der Waals surface area contributed by atoms with Gasteiger partial charge in [-0.2, -0.15) is 4.73 Å². The van der Waals surface area contributed by atoms with E-state index < -0.39 is 5.56 Å². The largest absolute Gasteiger partial charge is 0.410 e. The highest BCUT2D eigenvalue weighted by atomic mass is 16.7. The number of fused-ring (bicyclic) bond motifs is 1. The fourth-order valence-corrected chi connectivity index (χ4v) is 2.39. The number of rotatable bonds is 6. The van der Waals surface area contributed by atoms with Crippen molar-refractivity contribution in [3.05, 3.63) is 26.7 Å². The lowest BCUT2D eigenvalue weighted by Crippen LogP contribution is -2.40. The molecule has 0 atom stereocenters. The molecule has 0 aliphatic rings. The molecule has 8 nitrogen and oxygen atoms in total. The van der Waals surface area contributed by atoms with Crippen molar-refractivity contribution in [3.63, 3.8) is 0 Å². The van der Waals surface area contributed by atoms with Gasteiger partial charge in [0.05, 0.1) is 0 Å². The minimum absolute atomic E-state index is 0.258. The summed E-state index contributed by atoms with van der Waals surface area (Å²) in [4.78, 5) is 37.0. The number of nitrogens with zero attached hydrogens (tertiary/aromatic N) is 5. The molecule has 2 heterocycles. The molecule has 0 saturated heterocycles. The Labute approximate surface area is 134 Å². The van der Waals surface area contributed by atoms with E-state index in [4.69, 9.17) is 4.84 Å². The molecule has 2 aromatic rings. The molecule has 0 amide bonds. The van der Waals surface area contributed by atoms with Gasteiger partial charge in [-0.15, -0.1) is 0 Å². The monoisotopic (exact) mass is 323 g/mol. The Hall–Kier alpha value is -2.09. The van der Waals surface area contributed by atoms with Crippen molar-refractivity contribution in [3.8, 4) is 0 Å². The van der Waals surface area contributed by atoms with E-state index in [1.54, 1.807) is 11.5 Å². The quantitative estimate of drug-likeness (QED) is 0.739. The third-order valence-electron chi connectivity index (χ3n) is 3.56. The van der Waals surface area contributed by atoms with E-state index >= 15 is 0 Å².